The van der Waals surface area contributed by atoms with Gasteiger partial charge in [0.2, 0.25) is 0 Å². The second-order valence-corrected chi connectivity index (χ2v) is 2.91. The van der Waals surface area contributed by atoms with Crippen LogP contribution in [0.2, 0.25) is 0 Å². The highest BCUT2D eigenvalue weighted by Crippen LogP contribution is 2.01. The van der Waals surface area contributed by atoms with Crippen LogP contribution >= 0.6 is 0 Å². The maximum atomic E-state index is 9.11. The van der Waals surface area contributed by atoms with Gasteiger partial charge in [0.1, 0.15) is 6.33 Å². The van der Waals surface area contributed by atoms with Gasteiger partial charge >= 0.3 is 0 Å². The molecule has 1 heterocycles. The van der Waals surface area contributed by atoms with Crippen molar-refractivity contribution in [2.24, 2.45) is 0 Å². The van der Waals surface area contributed by atoms with Gasteiger partial charge < -0.3 is 5.11 Å². The molecular weight excluding hydrogens is 152 g/mol. The number of hydrogen-bond donors (Lipinski definition) is 1. The molecule has 1 atom stereocenters. The van der Waals surface area contributed by atoms with Crippen LogP contribution in [0, 0.1) is 0 Å². The van der Waals surface area contributed by atoms with E-state index in [2.05, 4.69) is 16.9 Å². The van der Waals surface area contributed by atoms with E-state index >= 15 is 0 Å². The van der Waals surface area contributed by atoms with E-state index in [0.29, 0.717) is 6.42 Å². The molecule has 1 rings (SSSR count). The van der Waals surface area contributed by atoms with Crippen LogP contribution < -0.4 is 0 Å². The van der Waals surface area contributed by atoms with E-state index < -0.39 is 0 Å². The van der Waals surface area contributed by atoms with Crippen molar-refractivity contribution < 1.29 is 5.11 Å². The summed E-state index contributed by atoms with van der Waals surface area (Å²) in [5, 5.41) is 9.11. The van der Waals surface area contributed by atoms with Crippen molar-refractivity contribution in [3.8, 4) is 0 Å². The molecule has 1 aromatic rings. The molecule has 0 aliphatic heterocycles. The van der Waals surface area contributed by atoms with Gasteiger partial charge in [0.15, 0.2) is 0 Å². The van der Waals surface area contributed by atoms with E-state index in [1.54, 1.807) is 13.3 Å². The second kappa shape index (κ2) is 4.16. The van der Waals surface area contributed by atoms with Crippen LogP contribution in [0.1, 0.15) is 25.2 Å². The zero-order valence-electron chi connectivity index (χ0n) is 7.49. The van der Waals surface area contributed by atoms with Crippen LogP contribution in [-0.4, -0.2) is 21.2 Å². The summed E-state index contributed by atoms with van der Waals surface area (Å²) in [6.45, 7) is 3.81. The number of hydrogen-bond acceptors (Lipinski definition) is 3. The molecule has 12 heavy (non-hydrogen) atoms. The van der Waals surface area contributed by atoms with E-state index in [-0.39, 0.29) is 6.10 Å². The highest BCUT2D eigenvalue weighted by atomic mass is 16.3. The minimum Gasteiger partial charge on any atom is -0.393 e. The lowest BCUT2D eigenvalue weighted by atomic mass is 10.2. The van der Waals surface area contributed by atoms with Crippen molar-refractivity contribution in [2.45, 2.75) is 32.8 Å². The standard InChI is InChI=1S/C9H14N2O/c1-3-8-5-9(4-7(2)12)11-6-10-8/h5-7,12H,3-4H2,1-2H3. The van der Waals surface area contributed by atoms with Crippen molar-refractivity contribution >= 4 is 0 Å². The fourth-order valence-electron chi connectivity index (χ4n) is 1.05. The normalized spacial score (nSPS) is 12.9. The first-order valence-electron chi connectivity index (χ1n) is 4.20. The molecule has 0 aliphatic rings. The SMILES string of the molecule is CCc1cc(CC(C)O)ncn1. The molecule has 0 bridgehead atoms. The summed E-state index contributed by atoms with van der Waals surface area (Å²) in [7, 11) is 0. The molecule has 0 spiro atoms. The molecule has 3 heteroatoms. The number of nitrogens with zero attached hydrogens (tertiary/aromatic N) is 2. The van der Waals surface area contributed by atoms with Crippen molar-refractivity contribution in [3.63, 3.8) is 0 Å². The number of rotatable bonds is 3. The maximum Gasteiger partial charge on any atom is 0.115 e. The number of aromatic nitrogens is 2. The summed E-state index contributed by atoms with van der Waals surface area (Å²) in [5.41, 5.74) is 1.94. The smallest absolute Gasteiger partial charge is 0.115 e. The predicted octanol–water partition coefficient (Wildman–Crippen LogP) is 0.962. The van der Waals surface area contributed by atoms with Crippen LogP contribution in [0.3, 0.4) is 0 Å². The van der Waals surface area contributed by atoms with Crippen LogP contribution in [0.15, 0.2) is 12.4 Å². The zero-order valence-corrected chi connectivity index (χ0v) is 7.49. The van der Waals surface area contributed by atoms with Gasteiger partial charge in [0, 0.05) is 17.8 Å². The summed E-state index contributed by atoms with van der Waals surface area (Å²) < 4.78 is 0. The van der Waals surface area contributed by atoms with Gasteiger partial charge in [0.05, 0.1) is 6.10 Å². The molecular formula is C9H14N2O. The Kier molecular flexibility index (Phi) is 3.17. The summed E-state index contributed by atoms with van der Waals surface area (Å²) in [4.78, 5) is 8.13. The summed E-state index contributed by atoms with van der Waals surface area (Å²) >= 11 is 0. The number of aliphatic hydroxyl groups is 1. The van der Waals surface area contributed by atoms with Gasteiger partial charge in [-0.2, -0.15) is 0 Å². The van der Waals surface area contributed by atoms with Crippen molar-refractivity contribution in [1.29, 1.82) is 0 Å². The molecule has 0 fully saturated rings. The Morgan fingerprint density at radius 2 is 2.08 bits per heavy atom. The average Bonchev–Trinajstić information content (AvgIpc) is 2.03. The lowest BCUT2D eigenvalue weighted by Gasteiger charge is -2.03. The Morgan fingerprint density at radius 1 is 1.42 bits per heavy atom. The van der Waals surface area contributed by atoms with Gasteiger partial charge in [-0.1, -0.05) is 6.92 Å². The Morgan fingerprint density at radius 3 is 2.67 bits per heavy atom. The number of aliphatic hydroxyl groups excluding tert-OH is 1. The molecule has 66 valence electrons. The van der Waals surface area contributed by atoms with Crippen LogP contribution in [-0.2, 0) is 12.8 Å². The molecule has 0 saturated carbocycles. The van der Waals surface area contributed by atoms with Gasteiger partial charge in [0.25, 0.3) is 0 Å². The first kappa shape index (κ1) is 9.13. The van der Waals surface area contributed by atoms with Crippen LogP contribution in [0.25, 0.3) is 0 Å². The van der Waals surface area contributed by atoms with Gasteiger partial charge in [-0.05, 0) is 19.4 Å². The Labute approximate surface area is 72.5 Å². The molecule has 0 radical (unpaired) electrons. The van der Waals surface area contributed by atoms with E-state index in [1.165, 1.54) is 0 Å². The molecule has 3 nitrogen and oxygen atoms in total. The van der Waals surface area contributed by atoms with Crippen molar-refractivity contribution in [1.82, 2.24) is 9.97 Å². The van der Waals surface area contributed by atoms with Crippen LogP contribution in [0.4, 0.5) is 0 Å². The predicted molar refractivity (Wildman–Crippen MR) is 46.8 cm³/mol. The lowest BCUT2D eigenvalue weighted by Crippen LogP contribution is -2.06. The fraction of sp³-hybridized carbons (Fsp3) is 0.556. The largest absolute Gasteiger partial charge is 0.393 e. The third-order valence-corrected chi connectivity index (χ3v) is 1.65. The molecule has 0 aromatic carbocycles. The third kappa shape index (κ3) is 2.58. The summed E-state index contributed by atoms with van der Waals surface area (Å²) in [6, 6.07) is 1.94. The molecule has 1 N–H and O–H groups in total. The Hall–Kier alpha value is -0.960. The minimum absolute atomic E-state index is 0.329. The molecule has 1 unspecified atom stereocenters. The van der Waals surface area contributed by atoms with E-state index in [0.717, 1.165) is 17.8 Å². The second-order valence-electron chi connectivity index (χ2n) is 2.91. The monoisotopic (exact) mass is 166 g/mol. The minimum atomic E-state index is -0.329. The van der Waals surface area contributed by atoms with Crippen LogP contribution in [0.5, 0.6) is 0 Å². The van der Waals surface area contributed by atoms with Gasteiger partial charge in [-0.3, -0.25) is 0 Å². The maximum absolute atomic E-state index is 9.11. The highest BCUT2D eigenvalue weighted by Gasteiger charge is 2.00. The zero-order chi connectivity index (χ0) is 8.97. The lowest BCUT2D eigenvalue weighted by molar-refractivity contribution is 0.194. The quantitative estimate of drug-likeness (QED) is 0.727. The number of aryl methyl sites for hydroxylation is 1. The molecule has 0 aliphatic carbocycles. The molecule has 1 aromatic heterocycles. The van der Waals surface area contributed by atoms with E-state index in [9.17, 15) is 0 Å². The van der Waals surface area contributed by atoms with E-state index in [1.807, 2.05) is 6.07 Å². The van der Waals surface area contributed by atoms with Gasteiger partial charge in [-0.15, -0.1) is 0 Å². The Balaban J connectivity index is 2.72. The van der Waals surface area contributed by atoms with Crippen molar-refractivity contribution in [2.75, 3.05) is 0 Å². The highest BCUT2D eigenvalue weighted by molar-refractivity contribution is 5.08. The molecule has 0 amide bonds. The first-order chi connectivity index (χ1) is 5.72. The third-order valence-electron chi connectivity index (χ3n) is 1.65. The average molecular weight is 166 g/mol. The summed E-state index contributed by atoms with van der Waals surface area (Å²) in [5.74, 6) is 0. The van der Waals surface area contributed by atoms with E-state index in [4.69, 9.17) is 5.11 Å². The molecule has 0 saturated heterocycles. The topological polar surface area (TPSA) is 46.0 Å². The van der Waals surface area contributed by atoms with Crippen molar-refractivity contribution in [3.05, 3.63) is 23.8 Å². The summed E-state index contributed by atoms with van der Waals surface area (Å²) in [6.07, 6.45) is 2.74. The Bertz CT molecular complexity index is 248. The van der Waals surface area contributed by atoms with Gasteiger partial charge in [-0.25, -0.2) is 9.97 Å². The first-order valence-corrected chi connectivity index (χ1v) is 4.20. The fourth-order valence-corrected chi connectivity index (χ4v) is 1.05.